The maximum atomic E-state index is 13.4. The van der Waals surface area contributed by atoms with E-state index in [9.17, 15) is 13.2 Å². The Labute approximate surface area is 97.7 Å². The average molecular weight is 248 g/mol. The first-order valence-corrected chi connectivity index (χ1v) is 5.21. The Kier molecular flexibility index (Phi) is 5.96. The number of hydrogen-bond donors (Lipinski definition) is 2. The van der Waals surface area contributed by atoms with E-state index in [-0.39, 0.29) is 12.4 Å². The summed E-state index contributed by atoms with van der Waals surface area (Å²) in [5.74, 6) is 4.91. The number of benzene rings is 1. The normalized spacial score (nSPS) is 13.0. The molecule has 1 unspecified atom stereocenters. The second-order valence-corrected chi connectivity index (χ2v) is 3.50. The topological polar surface area (TPSA) is 47.3 Å². The zero-order valence-corrected chi connectivity index (χ0v) is 9.20. The number of halogens is 3. The first-order chi connectivity index (χ1) is 8.15. The van der Waals surface area contributed by atoms with Crippen molar-refractivity contribution in [3.8, 4) is 0 Å². The van der Waals surface area contributed by atoms with E-state index >= 15 is 0 Å². The largest absolute Gasteiger partial charge is 0.375 e. The predicted octanol–water partition coefficient (Wildman–Crippen LogP) is 2.00. The summed E-state index contributed by atoms with van der Waals surface area (Å²) in [6.45, 7) is -0.526. The van der Waals surface area contributed by atoms with Crippen LogP contribution in [0.25, 0.3) is 0 Å². The summed E-state index contributed by atoms with van der Waals surface area (Å²) in [5.41, 5.74) is 2.84. The highest BCUT2D eigenvalue weighted by Crippen LogP contribution is 2.19. The quantitative estimate of drug-likeness (QED) is 0.441. The van der Waals surface area contributed by atoms with Crippen molar-refractivity contribution in [1.29, 1.82) is 0 Å². The Bertz CT molecular complexity index is 336. The van der Waals surface area contributed by atoms with Gasteiger partial charge in [0.1, 0.15) is 12.4 Å². The molecule has 1 aromatic carbocycles. The van der Waals surface area contributed by atoms with E-state index in [1.54, 1.807) is 18.2 Å². The van der Waals surface area contributed by atoms with E-state index in [2.05, 4.69) is 5.43 Å². The molecular formula is C11H15F3N2O. The lowest BCUT2D eigenvalue weighted by atomic mass is 10.0. The molecule has 17 heavy (non-hydrogen) atoms. The van der Waals surface area contributed by atoms with E-state index in [4.69, 9.17) is 10.6 Å². The Morgan fingerprint density at radius 3 is 2.59 bits per heavy atom. The maximum Gasteiger partial charge on any atom is 0.261 e. The fourth-order valence-electron chi connectivity index (χ4n) is 1.46. The Balaban J connectivity index is 2.46. The van der Waals surface area contributed by atoms with Crippen LogP contribution in [-0.2, 0) is 4.74 Å². The van der Waals surface area contributed by atoms with E-state index in [0.29, 0.717) is 12.0 Å². The molecule has 0 aliphatic rings. The Morgan fingerprint density at radius 2 is 2.00 bits per heavy atom. The molecule has 0 saturated carbocycles. The molecular weight excluding hydrogens is 233 g/mol. The SMILES string of the molecule is NNC(CCOCC(F)F)c1ccccc1F. The van der Waals surface area contributed by atoms with Gasteiger partial charge in [0.15, 0.2) is 0 Å². The van der Waals surface area contributed by atoms with Gasteiger partial charge in [0.05, 0.1) is 6.04 Å². The molecule has 0 heterocycles. The molecule has 0 bridgehead atoms. The molecule has 3 N–H and O–H groups in total. The maximum absolute atomic E-state index is 13.4. The third kappa shape index (κ3) is 4.72. The molecule has 0 amide bonds. The highest BCUT2D eigenvalue weighted by Gasteiger charge is 2.13. The highest BCUT2D eigenvalue weighted by molar-refractivity contribution is 5.20. The number of hydrogen-bond acceptors (Lipinski definition) is 3. The third-order valence-corrected chi connectivity index (χ3v) is 2.28. The summed E-state index contributed by atoms with van der Waals surface area (Å²) in [5, 5.41) is 0. The summed E-state index contributed by atoms with van der Waals surface area (Å²) in [7, 11) is 0. The van der Waals surface area contributed by atoms with Crippen LogP contribution in [0.1, 0.15) is 18.0 Å². The van der Waals surface area contributed by atoms with Crippen molar-refractivity contribution in [1.82, 2.24) is 5.43 Å². The minimum absolute atomic E-state index is 0.0908. The fraction of sp³-hybridized carbons (Fsp3) is 0.455. The monoisotopic (exact) mass is 248 g/mol. The highest BCUT2D eigenvalue weighted by atomic mass is 19.3. The van der Waals surface area contributed by atoms with Crippen LogP contribution >= 0.6 is 0 Å². The Morgan fingerprint density at radius 1 is 1.29 bits per heavy atom. The molecule has 1 rings (SSSR count). The molecule has 0 aliphatic heterocycles. The zero-order chi connectivity index (χ0) is 12.7. The number of alkyl halides is 2. The molecule has 1 atom stereocenters. The summed E-state index contributed by atoms with van der Waals surface area (Å²) < 4.78 is 41.7. The van der Waals surface area contributed by atoms with E-state index in [1.807, 2.05) is 0 Å². The third-order valence-electron chi connectivity index (χ3n) is 2.28. The van der Waals surface area contributed by atoms with Crippen LogP contribution in [0.2, 0.25) is 0 Å². The van der Waals surface area contributed by atoms with Crippen LogP contribution in [0, 0.1) is 5.82 Å². The molecule has 0 aromatic heterocycles. The van der Waals surface area contributed by atoms with Gasteiger partial charge in [0.2, 0.25) is 0 Å². The number of nitrogens with two attached hydrogens (primary N) is 1. The minimum Gasteiger partial charge on any atom is -0.375 e. The molecule has 3 nitrogen and oxygen atoms in total. The molecule has 96 valence electrons. The first-order valence-electron chi connectivity index (χ1n) is 5.21. The van der Waals surface area contributed by atoms with Gasteiger partial charge in [-0.15, -0.1) is 0 Å². The first kappa shape index (κ1) is 14.0. The molecule has 0 aliphatic carbocycles. The molecule has 0 spiro atoms. The lowest BCUT2D eigenvalue weighted by Gasteiger charge is -2.16. The summed E-state index contributed by atoms with van der Waals surface area (Å²) >= 11 is 0. The van der Waals surface area contributed by atoms with Crippen molar-refractivity contribution in [3.05, 3.63) is 35.6 Å². The second-order valence-electron chi connectivity index (χ2n) is 3.50. The van der Waals surface area contributed by atoms with Crippen LogP contribution < -0.4 is 11.3 Å². The van der Waals surface area contributed by atoms with Gasteiger partial charge in [-0.3, -0.25) is 11.3 Å². The van der Waals surface area contributed by atoms with Gasteiger partial charge in [0.25, 0.3) is 6.43 Å². The van der Waals surface area contributed by atoms with Gasteiger partial charge in [-0.1, -0.05) is 18.2 Å². The van der Waals surface area contributed by atoms with Crippen molar-refractivity contribution in [3.63, 3.8) is 0 Å². The number of nitrogens with one attached hydrogen (secondary N) is 1. The number of ether oxygens (including phenoxy) is 1. The van der Waals surface area contributed by atoms with Crippen molar-refractivity contribution in [2.75, 3.05) is 13.2 Å². The average Bonchev–Trinajstić information content (AvgIpc) is 2.30. The van der Waals surface area contributed by atoms with Crippen molar-refractivity contribution in [2.24, 2.45) is 5.84 Å². The van der Waals surface area contributed by atoms with E-state index < -0.39 is 19.1 Å². The second kappa shape index (κ2) is 7.26. The van der Waals surface area contributed by atoms with Gasteiger partial charge in [-0.2, -0.15) is 0 Å². The summed E-state index contributed by atoms with van der Waals surface area (Å²) in [6, 6.07) is 5.71. The lowest BCUT2D eigenvalue weighted by Crippen LogP contribution is -2.29. The van der Waals surface area contributed by atoms with Gasteiger partial charge < -0.3 is 4.74 Å². The van der Waals surface area contributed by atoms with Gasteiger partial charge >= 0.3 is 0 Å². The summed E-state index contributed by atoms with van der Waals surface area (Å²) in [6.07, 6.45) is -2.17. The standard InChI is InChI=1S/C11H15F3N2O/c12-9-4-2-1-3-8(9)10(16-15)5-6-17-7-11(13)14/h1-4,10-11,16H,5-7,15H2. The van der Waals surface area contributed by atoms with Crippen molar-refractivity contribution >= 4 is 0 Å². The number of rotatable bonds is 7. The zero-order valence-electron chi connectivity index (χ0n) is 9.20. The minimum atomic E-state index is -2.49. The van der Waals surface area contributed by atoms with Crippen molar-refractivity contribution < 1.29 is 17.9 Å². The smallest absolute Gasteiger partial charge is 0.261 e. The molecule has 0 radical (unpaired) electrons. The lowest BCUT2D eigenvalue weighted by molar-refractivity contribution is 0.0143. The van der Waals surface area contributed by atoms with E-state index in [1.165, 1.54) is 6.07 Å². The van der Waals surface area contributed by atoms with Crippen LogP contribution in [0.4, 0.5) is 13.2 Å². The van der Waals surface area contributed by atoms with Gasteiger partial charge in [-0.05, 0) is 12.5 Å². The summed E-state index contributed by atoms with van der Waals surface area (Å²) in [4.78, 5) is 0. The van der Waals surface area contributed by atoms with Crippen LogP contribution in [0.3, 0.4) is 0 Å². The van der Waals surface area contributed by atoms with Gasteiger partial charge in [0, 0.05) is 12.2 Å². The fourth-order valence-corrected chi connectivity index (χ4v) is 1.46. The predicted molar refractivity (Wildman–Crippen MR) is 57.9 cm³/mol. The van der Waals surface area contributed by atoms with Crippen LogP contribution in [0.15, 0.2) is 24.3 Å². The molecule has 1 aromatic rings. The molecule has 6 heteroatoms. The Hall–Kier alpha value is -1.11. The van der Waals surface area contributed by atoms with Crippen molar-refractivity contribution in [2.45, 2.75) is 18.9 Å². The van der Waals surface area contributed by atoms with Gasteiger partial charge in [-0.25, -0.2) is 13.2 Å². The molecule has 0 fully saturated rings. The number of hydrazine groups is 1. The molecule has 0 saturated heterocycles. The van der Waals surface area contributed by atoms with Crippen LogP contribution in [0.5, 0.6) is 0 Å². The van der Waals surface area contributed by atoms with E-state index in [0.717, 1.165) is 0 Å². The van der Waals surface area contributed by atoms with Crippen LogP contribution in [-0.4, -0.2) is 19.6 Å².